The van der Waals surface area contributed by atoms with Gasteiger partial charge in [-0.15, -0.1) is 0 Å². The van der Waals surface area contributed by atoms with Gasteiger partial charge in [-0.05, 0) is 95.4 Å². The number of para-hydroxylation sites is 1. The number of imide groups is 1. The number of primary amides is 1. The molecule has 0 radical (unpaired) electrons. The van der Waals surface area contributed by atoms with Crippen molar-refractivity contribution in [2.75, 3.05) is 26.4 Å². The molecule has 1 fully saturated rings. The maximum absolute atomic E-state index is 13.1. The first-order valence-electron chi connectivity index (χ1n) is 18.9. The number of alkyl carbamates (subject to hydrolysis) is 1. The number of ether oxygens (including phenoxy) is 4. The first kappa shape index (κ1) is 42.2. The summed E-state index contributed by atoms with van der Waals surface area (Å²) in [5.41, 5.74) is 9.14. The molecule has 4 amide bonds. The molecule has 14 heteroatoms. The molecule has 1 aromatic heterocycles. The number of carbonyl (C=O) groups excluding carboxylic acids is 4. The van der Waals surface area contributed by atoms with Crippen molar-refractivity contribution in [1.29, 1.82) is 0 Å². The summed E-state index contributed by atoms with van der Waals surface area (Å²) in [4.78, 5) is 61.0. The highest BCUT2D eigenvalue weighted by molar-refractivity contribution is 6.00. The van der Waals surface area contributed by atoms with Gasteiger partial charge in [-0.2, -0.15) is 0 Å². The van der Waals surface area contributed by atoms with E-state index in [4.69, 9.17) is 24.7 Å². The van der Waals surface area contributed by atoms with Crippen molar-refractivity contribution in [2.45, 2.75) is 116 Å². The van der Waals surface area contributed by atoms with Gasteiger partial charge in [0.25, 0.3) is 0 Å². The van der Waals surface area contributed by atoms with Crippen LogP contribution >= 0.6 is 0 Å². The Morgan fingerprint density at radius 3 is 2.24 bits per heavy atom. The maximum atomic E-state index is 13.1. The van der Waals surface area contributed by atoms with Gasteiger partial charge in [-0.3, -0.25) is 28.8 Å². The molecule has 1 aliphatic heterocycles. The molecular formula is C40H57N5O9. The molecule has 0 saturated carbocycles. The molecular weight excluding hydrogens is 694 g/mol. The number of fused-ring (bicyclic) bond motifs is 1. The number of amides is 4. The Balaban J connectivity index is 1.09. The van der Waals surface area contributed by atoms with Crippen LogP contribution in [-0.2, 0) is 59.8 Å². The van der Waals surface area contributed by atoms with E-state index in [0.717, 1.165) is 48.7 Å². The molecule has 3 aromatic rings. The average molecular weight is 752 g/mol. The quantitative estimate of drug-likeness (QED) is 0.105. The summed E-state index contributed by atoms with van der Waals surface area (Å²) < 4.78 is 26.2. The fraction of sp³-hybridized carbons (Fsp3) is 0.575. The van der Waals surface area contributed by atoms with Crippen LogP contribution in [0.1, 0.15) is 95.4 Å². The standard InChI is InChI=1S/C40H57N5O9/c1-27(31(18-20-34(41)46)42-38(49)54-40(2,3)4)53-26-29-16-14-28(15-17-29)10-7-22-51-24-9-25-52-23-8-12-30-11-6-13-32-36(30)44(5)39(50)45(32)33-19-21-35(47)43-37(33)48/h6,11,13-17,27,31,33H,7-10,12,18-26H2,1-5H3,(H2,41,46)(H,42,49)(H,43,47,48)/t27-,31+,33?/m1/s1. The van der Waals surface area contributed by atoms with E-state index in [2.05, 4.69) is 22.8 Å². The summed E-state index contributed by atoms with van der Waals surface area (Å²) in [7, 11) is 1.71. The van der Waals surface area contributed by atoms with Gasteiger partial charge in [0.05, 0.1) is 29.8 Å². The van der Waals surface area contributed by atoms with E-state index in [1.54, 1.807) is 32.4 Å². The second-order valence-electron chi connectivity index (χ2n) is 14.8. The van der Waals surface area contributed by atoms with Crippen molar-refractivity contribution in [1.82, 2.24) is 19.8 Å². The highest BCUT2D eigenvalue weighted by Gasteiger charge is 2.31. The van der Waals surface area contributed by atoms with E-state index < -0.39 is 35.6 Å². The summed E-state index contributed by atoms with van der Waals surface area (Å²) in [5.74, 6) is -1.19. The Morgan fingerprint density at radius 1 is 0.944 bits per heavy atom. The minimum Gasteiger partial charge on any atom is -0.444 e. The summed E-state index contributed by atoms with van der Waals surface area (Å²) >= 11 is 0. The predicted octanol–water partition coefficient (Wildman–Crippen LogP) is 4.37. The number of benzene rings is 2. The fourth-order valence-electron chi connectivity index (χ4n) is 6.49. The van der Waals surface area contributed by atoms with Crippen molar-refractivity contribution >= 4 is 34.8 Å². The van der Waals surface area contributed by atoms with Crippen molar-refractivity contribution < 1.29 is 38.1 Å². The van der Waals surface area contributed by atoms with E-state index in [1.165, 1.54) is 10.1 Å². The SMILES string of the molecule is C[C@@H](OCc1ccc(CCCOCCCOCCCc2cccc3c2n(C)c(=O)n3C2CCC(=O)NC2=O)cc1)[C@H](CCC(N)=O)NC(=O)OC(C)(C)C. The van der Waals surface area contributed by atoms with Gasteiger partial charge in [0.15, 0.2) is 0 Å². The number of carbonyl (C=O) groups is 4. The number of nitrogens with one attached hydrogen (secondary N) is 2. The van der Waals surface area contributed by atoms with Gasteiger partial charge in [-0.25, -0.2) is 9.59 Å². The third-order valence-electron chi connectivity index (χ3n) is 9.28. The molecule has 14 nitrogen and oxygen atoms in total. The lowest BCUT2D eigenvalue weighted by Crippen LogP contribution is -2.45. The van der Waals surface area contributed by atoms with E-state index >= 15 is 0 Å². The minimum atomic E-state index is -0.701. The number of nitrogens with two attached hydrogens (primary N) is 1. The lowest BCUT2D eigenvalue weighted by Gasteiger charge is -2.27. The van der Waals surface area contributed by atoms with Gasteiger partial charge in [0.2, 0.25) is 17.7 Å². The Hall–Kier alpha value is -4.53. The number of hydrogen-bond donors (Lipinski definition) is 3. The first-order valence-corrected chi connectivity index (χ1v) is 18.9. The zero-order valence-electron chi connectivity index (χ0n) is 32.3. The number of nitrogens with zero attached hydrogens (tertiary/aromatic N) is 2. The Morgan fingerprint density at radius 2 is 1.59 bits per heavy atom. The molecule has 3 atom stereocenters. The van der Waals surface area contributed by atoms with Crippen LogP contribution in [0.4, 0.5) is 4.79 Å². The Bertz CT molecular complexity index is 1780. The van der Waals surface area contributed by atoms with E-state index in [9.17, 15) is 24.0 Å². The minimum absolute atomic E-state index is 0.124. The third kappa shape index (κ3) is 12.8. The summed E-state index contributed by atoms with van der Waals surface area (Å²) in [6, 6.07) is 12.8. The molecule has 54 heavy (non-hydrogen) atoms. The van der Waals surface area contributed by atoms with Gasteiger partial charge in [-0.1, -0.05) is 36.4 Å². The molecule has 4 rings (SSSR count). The van der Waals surface area contributed by atoms with Crippen molar-refractivity contribution in [3.8, 4) is 0 Å². The van der Waals surface area contributed by atoms with Gasteiger partial charge in [0.1, 0.15) is 11.6 Å². The van der Waals surface area contributed by atoms with Gasteiger partial charge >= 0.3 is 11.8 Å². The van der Waals surface area contributed by atoms with E-state index in [0.29, 0.717) is 51.4 Å². The molecule has 0 spiro atoms. The van der Waals surface area contributed by atoms with Gasteiger partial charge in [0, 0.05) is 46.3 Å². The maximum Gasteiger partial charge on any atom is 0.407 e. The normalized spacial score (nSPS) is 15.9. The molecule has 1 unspecified atom stereocenters. The van der Waals surface area contributed by atoms with Crippen molar-refractivity contribution in [3.63, 3.8) is 0 Å². The lowest BCUT2D eigenvalue weighted by atomic mass is 10.0. The number of hydrogen-bond acceptors (Lipinski definition) is 9. The molecule has 0 aliphatic carbocycles. The Labute approximate surface area is 317 Å². The predicted molar refractivity (Wildman–Crippen MR) is 204 cm³/mol. The summed E-state index contributed by atoms with van der Waals surface area (Å²) in [5, 5.41) is 5.16. The number of rotatable bonds is 21. The van der Waals surface area contributed by atoms with Crippen LogP contribution < -0.4 is 22.1 Å². The molecule has 296 valence electrons. The zero-order chi connectivity index (χ0) is 39.3. The highest BCUT2D eigenvalue weighted by Crippen LogP contribution is 2.25. The summed E-state index contributed by atoms with van der Waals surface area (Å²) in [6.07, 6.45) is 4.13. The topological polar surface area (TPSA) is 182 Å². The number of imidazole rings is 1. The van der Waals surface area contributed by atoms with Crippen molar-refractivity contribution in [3.05, 3.63) is 69.6 Å². The van der Waals surface area contributed by atoms with E-state index in [1.807, 2.05) is 37.3 Å². The molecule has 2 aromatic carbocycles. The molecule has 2 heterocycles. The number of aromatic nitrogens is 2. The van der Waals surface area contributed by atoms with Crippen LogP contribution in [0.15, 0.2) is 47.3 Å². The largest absolute Gasteiger partial charge is 0.444 e. The second kappa shape index (κ2) is 20.2. The van der Waals surface area contributed by atoms with E-state index in [-0.39, 0.29) is 30.5 Å². The molecule has 4 N–H and O–H groups in total. The zero-order valence-corrected chi connectivity index (χ0v) is 32.3. The van der Waals surface area contributed by atoms with Crippen LogP contribution in [0.3, 0.4) is 0 Å². The number of aryl methyl sites for hydroxylation is 3. The monoisotopic (exact) mass is 751 g/mol. The first-order chi connectivity index (χ1) is 25.7. The summed E-state index contributed by atoms with van der Waals surface area (Å²) in [6.45, 7) is 10.0. The third-order valence-corrected chi connectivity index (χ3v) is 9.28. The average Bonchev–Trinajstić information content (AvgIpc) is 3.36. The second-order valence-corrected chi connectivity index (χ2v) is 14.8. The van der Waals surface area contributed by atoms with Crippen LogP contribution in [0.5, 0.6) is 0 Å². The van der Waals surface area contributed by atoms with Crippen LogP contribution in [-0.4, -0.2) is 77.1 Å². The van der Waals surface area contributed by atoms with Gasteiger partial charge < -0.3 is 30.0 Å². The highest BCUT2D eigenvalue weighted by atomic mass is 16.6. The molecule has 1 aliphatic rings. The van der Waals surface area contributed by atoms with Crippen molar-refractivity contribution in [2.24, 2.45) is 12.8 Å². The smallest absolute Gasteiger partial charge is 0.407 e. The number of piperidine rings is 1. The van der Waals surface area contributed by atoms with Crippen LogP contribution in [0.25, 0.3) is 11.0 Å². The molecule has 1 saturated heterocycles. The molecule has 0 bridgehead atoms. The fourth-order valence-corrected chi connectivity index (χ4v) is 6.49. The van der Waals surface area contributed by atoms with Crippen LogP contribution in [0, 0.1) is 0 Å². The van der Waals surface area contributed by atoms with Crippen LogP contribution in [0.2, 0.25) is 0 Å². The lowest BCUT2D eigenvalue weighted by molar-refractivity contribution is -0.135. The Kier molecular flexibility index (Phi) is 15.8.